The molecular weight excluding hydrogens is 456 g/mol. The Labute approximate surface area is 213 Å². The first-order chi connectivity index (χ1) is 17.3. The highest BCUT2D eigenvalue weighted by molar-refractivity contribution is 6.02. The Morgan fingerprint density at radius 2 is 1.78 bits per heavy atom. The first kappa shape index (κ1) is 26.0. The van der Waals surface area contributed by atoms with Crippen molar-refractivity contribution >= 4 is 23.3 Å². The quantitative estimate of drug-likeness (QED) is 0.637. The second-order valence-corrected chi connectivity index (χ2v) is 10.2. The van der Waals surface area contributed by atoms with Crippen LogP contribution in [-0.4, -0.2) is 74.3 Å². The first-order valence-electron chi connectivity index (χ1n) is 12.8. The van der Waals surface area contributed by atoms with Crippen LogP contribution in [0.4, 0.5) is 16.2 Å². The fourth-order valence-electron chi connectivity index (χ4n) is 4.63. The van der Waals surface area contributed by atoms with Crippen molar-refractivity contribution in [1.82, 2.24) is 9.80 Å². The zero-order valence-electron chi connectivity index (χ0n) is 21.7. The largest absolute Gasteiger partial charge is 0.491 e. The number of nitrogens with zero attached hydrogens (tertiary/aromatic N) is 2. The molecule has 36 heavy (non-hydrogen) atoms. The van der Waals surface area contributed by atoms with Gasteiger partial charge in [-0.1, -0.05) is 25.1 Å². The average molecular weight is 495 g/mol. The highest BCUT2D eigenvalue weighted by Gasteiger charge is 2.31. The van der Waals surface area contributed by atoms with E-state index in [1.54, 1.807) is 37.3 Å². The van der Waals surface area contributed by atoms with Crippen molar-refractivity contribution in [2.24, 2.45) is 11.8 Å². The summed E-state index contributed by atoms with van der Waals surface area (Å²) in [5.74, 6) is 1.36. The molecule has 2 N–H and O–H groups in total. The zero-order chi connectivity index (χ0) is 25.7. The van der Waals surface area contributed by atoms with Crippen LogP contribution < -0.4 is 15.4 Å². The molecule has 2 aromatic rings. The van der Waals surface area contributed by atoms with Gasteiger partial charge in [-0.2, -0.15) is 0 Å². The van der Waals surface area contributed by atoms with Crippen LogP contribution in [0, 0.1) is 11.8 Å². The van der Waals surface area contributed by atoms with Gasteiger partial charge in [0.05, 0.1) is 11.7 Å². The molecule has 0 unspecified atom stereocenters. The second kappa shape index (κ2) is 11.8. The van der Waals surface area contributed by atoms with Gasteiger partial charge in [0.1, 0.15) is 12.4 Å². The molecule has 0 aromatic heterocycles. The molecule has 3 atom stereocenters. The summed E-state index contributed by atoms with van der Waals surface area (Å²) < 4.78 is 12.1. The van der Waals surface area contributed by atoms with E-state index >= 15 is 0 Å². The fraction of sp³-hybridized carbons (Fsp3) is 0.500. The molecule has 8 nitrogen and oxygen atoms in total. The van der Waals surface area contributed by atoms with Crippen LogP contribution in [0.25, 0.3) is 0 Å². The summed E-state index contributed by atoms with van der Waals surface area (Å²) in [6.07, 6.45) is 2.49. The number of carbonyl (C=O) groups excluding carboxylic acids is 2. The second-order valence-electron chi connectivity index (χ2n) is 10.2. The predicted octanol–water partition coefficient (Wildman–Crippen LogP) is 4.55. The van der Waals surface area contributed by atoms with Crippen molar-refractivity contribution in [3.63, 3.8) is 0 Å². The van der Waals surface area contributed by atoms with E-state index in [9.17, 15) is 9.59 Å². The highest BCUT2D eigenvalue weighted by Crippen LogP contribution is 2.32. The number of fused-ring (bicyclic) bond motifs is 1. The summed E-state index contributed by atoms with van der Waals surface area (Å²) >= 11 is 0. The Kier molecular flexibility index (Phi) is 8.48. The topological polar surface area (TPSA) is 83.1 Å². The number of nitrogens with one attached hydrogen (secondary N) is 2. The Bertz CT molecular complexity index is 1040. The summed E-state index contributed by atoms with van der Waals surface area (Å²) in [6, 6.07) is 14.2. The Morgan fingerprint density at radius 3 is 2.47 bits per heavy atom. The van der Waals surface area contributed by atoms with Crippen LogP contribution in [0.1, 0.15) is 37.0 Å². The Morgan fingerprint density at radius 1 is 1.06 bits per heavy atom. The number of hydrogen-bond donors (Lipinski definition) is 2. The van der Waals surface area contributed by atoms with E-state index in [1.165, 1.54) is 12.8 Å². The van der Waals surface area contributed by atoms with E-state index in [2.05, 4.69) is 29.4 Å². The summed E-state index contributed by atoms with van der Waals surface area (Å²) in [7, 11) is 3.49. The number of likely N-dealkylation sites (N-methyl/N-ethyl adjacent to an activating group) is 1. The molecular formula is C28H38N4O4. The van der Waals surface area contributed by atoms with Gasteiger partial charge in [-0.3, -0.25) is 9.69 Å². The number of methoxy groups -OCH3 is 1. The molecule has 1 aliphatic heterocycles. The number of urea groups is 1. The third kappa shape index (κ3) is 6.77. The lowest BCUT2D eigenvalue weighted by Crippen LogP contribution is -2.47. The van der Waals surface area contributed by atoms with E-state index in [0.717, 1.165) is 19.0 Å². The van der Waals surface area contributed by atoms with Crippen LogP contribution >= 0.6 is 0 Å². The standard InChI is InChI=1S/C28H38N4O4/c1-19-15-32(16-21-10-11-21)20(2)18-36-25-13-12-23(30-28(34)29-22-8-6-5-7-9-22)14-24(25)27(33)31(3)17-26(19)35-4/h5-9,12-14,19-21,26H,10-11,15-18H2,1-4H3,(H2,29,30,34)/t19-,20-,26+/m0/s1. The molecule has 8 heteroatoms. The minimum Gasteiger partial charge on any atom is -0.491 e. The normalized spacial score (nSPS) is 23.6. The number of carbonyl (C=O) groups is 2. The molecule has 194 valence electrons. The third-order valence-electron chi connectivity index (χ3n) is 7.05. The number of rotatable bonds is 5. The van der Waals surface area contributed by atoms with Crippen molar-refractivity contribution in [3.05, 3.63) is 54.1 Å². The number of hydrogen-bond acceptors (Lipinski definition) is 5. The van der Waals surface area contributed by atoms with Crippen molar-refractivity contribution < 1.29 is 19.1 Å². The van der Waals surface area contributed by atoms with Gasteiger partial charge in [0.2, 0.25) is 0 Å². The lowest BCUT2D eigenvalue weighted by molar-refractivity contribution is 0.00994. The fourth-order valence-corrected chi connectivity index (χ4v) is 4.63. The minimum absolute atomic E-state index is 0.0883. The SMILES string of the molecule is CO[C@@H]1CN(C)C(=O)c2cc(NC(=O)Nc3ccccc3)ccc2OC[C@H](C)N(CC2CC2)C[C@@H]1C. The number of ether oxygens (including phenoxy) is 2. The van der Waals surface area contributed by atoms with Crippen LogP contribution in [0.15, 0.2) is 48.5 Å². The third-order valence-corrected chi connectivity index (χ3v) is 7.05. The zero-order valence-corrected chi connectivity index (χ0v) is 21.7. The van der Waals surface area contributed by atoms with E-state index in [0.29, 0.717) is 35.8 Å². The van der Waals surface area contributed by atoms with Crippen LogP contribution in [0.5, 0.6) is 5.75 Å². The van der Waals surface area contributed by atoms with Gasteiger partial charge in [-0.05, 0) is 61.9 Å². The van der Waals surface area contributed by atoms with Gasteiger partial charge >= 0.3 is 6.03 Å². The molecule has 4 rings (SSSR count). The van der Waals surface area contributed by atoms with Gasteiger partial charge in [0.15, 0.2) is 0 Å². The van der Waals surface area contributed by atoms with Gasteiger partial charge in [0.25, 0.3) is 5.91 Å². The smallest absolute Gasteiger partial charge is 0.323 e. The molecule has 1 heterocycles. The van der Waals surface area contributed by atoms with Crippen molar-refractivity contribution in [1.29, 1.82) is 0 Å². The summed E-state index contributed by atoms with van der Waals surface area (Å²) in [5.41, 5.74) is 1.61. The van der Waals surface area contributed by atoms with Crippen molar-refractivity contribution in [3.8, 4) is 5.75 Å². The molecule has 0 saturated heterocycles. The summed E-state index contributed by atoms with van der Waals surface area (Å²) in [5, 5.41) is 5.62. The van der Waals surface area contributed by atoms with Crippen molar-refractivity contribution in [2.45, 2.75) is 38.8 Å². The van der Waals surface area contributed by atoms with Crippen LogP contribution in [0.3, 0.4) is 0 Å². The lowest BCUT2D eigenvalue weighted by atomic mass is 10.0. The lowest BCUT2D eigenvalue weighted by Gasteiger charge is -2.36. The Balaban J connectivity index is 1.56. The predicted molar refractivity (Wildman–Crippen MR) is 142 cm³/mol. The molecule has 3 amide bonds. The Hall–Kier alpha value is -3.10. The minimum atomic E-state index is -0.381. The van der Waals surface area contributed by atoms with Gasteiger partial charge in [-0.15, -0.1) is 0 Å². The van der Waals surface area contributed by atoms with E-state index in [4.69, 9.17) is 9.47 Å². The van der Waals surface area contributed by atoms with Gasteiger partial charge in [0, 0.05) is 51.2 Å². The highest BCUT2D eigenvalue weighted by atomic mass is 16.5. The molecule has 2 aliphatic rings. The summed E-state index contributed by atoms with van der Waals surface area (Å²) in [4.78, 5) is 30.2. The maximum atomic E-state index is 13.5. The molecule has 1 saturated carbocycles. The first-order valence-corrected chi connectivity index (χ1v) is 12.8. The number of benzene rings is 2. The van der Waals surface area contributed by atoms with E-state index < -0.39 is 0 Å². The van der Waals surface area contributed by atoms with Crippen LogP contribution in [-0.2, 0) is 4.74 Å². The number of amides is 3. The molecule has 0 bridgehead atoms. The summed E-state index contributed by atoms with van der Waals surface area (Å²) in [6.45, 7) is 7.27. The molecule has 0 spiro atoms. The maximum Gasteiger partial charge on any atom is 0.323 e. The van der Waals surface area contributed by atoms with E-state index in [1.807, 2.05) is 30.3 Å². The maximum absolute atomic E-state index is 13.5. The average Bonchev–Trinajstić information content (AvgIpc) is 3.69. The molecule has 1 fully saturated rings. The van der Waals surface area contributed by atoms with Crippen molar-refractivity contribution in [2.75, 3.05) is 51.0 Å². The number of anilines is 2. The van der Waals surface area contributed by atoms with Crippen LogP contribution in [0.2, 0.25) is 0 Å². The monoisotopic (exact) mass is 494 g/mol. The molecule has 2 aromatic carbocycles. The van der Waals surface area contributed by atoms with Gasteiger partial charge < -0.3 is 25.0 Å². The molecule has 0 radical (unpaired) electrons. The molecule has 1 aliphatic carbocycles. The van der Waals surface area contributed by atoms with Gasteiger partial charge in [-0.25, -0.2) is 4.79 Å². The van der Waals surface area contributed by atoms with E-state index in [-0.39, 0.29) is 30.0 Å². The number of para-hydroxylation sites is 1.